The summed E-state index contributed by atoms with van der Waals surface area (Å²) in [5.74, 6) is -0.712. The number of aliphatic imine (C=N–C) groups is 1. The molecule has 1 aliphatic rings. The summed E-state index contributed by atoms with van der Waals surface area (Å²) in [6.07, 6.45) is -1.78. The van der Waals surface area contributed by atoms with Crippen LogP contribution in [0.2, 0.25) is 5.02 Å². The summed E-state index contributed by atoms with van der Waals surface area (Å²) in [7, 11) is 1.44. The number of nitrogens with zero attached hydrogens (tertiary/aromatic N) is 2. The zero-order valence-electron chi connectivity index (χ0n) is 15.9. The highest BCUT2D eigenvalue weighted by molar-refractivity contribution is 6.32. The standard InChI is InChI=1S/C16H13ClN2O2/c1-19-13-8-7-11(17)9-12(13)14(18-15(20)16(19)21)10-5-3-2-4-6-10/h2-9,15,20H,1H3/i2D,3D,4D,5D,6D. The summed E-state index contributed by atoms with van der Waals surface area (Å²) in [4.78, 5) is 17.4. The molecule has 0 saturated heterocycles. The average molecular weight is 306 g/mol. The number of carbonyl (C=O) groups excluding carboxylic acids is 1. The molecule has 1 unspecified atom stereocenters. The Labute approximate surface area is 134 Å². The SMILES string of the molecule is [2H]c1c([2H])c([2H])c(C2=NC(O)C(=O)N(C)c3ccc(Cl)cc32)c([2H])c1[2H]. The van der Waals surface area contributed by atoms with Crippen LogP contribution in [-0.2, 0) is 4.79 Å². The van der Waals surface area contributed by atoms with E-state index < -0.39 is 42.3 Å². The van der Waals surface area contributed by atoms with E-state index in [-0.39, 0.29) is 16.8 Å². The molecule has 1 atom stereocenters. The Morgan fingerprint density at radius 1 is 1.33 bits per heavy atom. The monoisotopic (exact) mass is 305 g/mol. The maximum atomic E-state index is 12.3. The molecule has 1 heterocycles. The smallest absolute Gasteiger partial charge is 0.278 e. The van der Waals surface area contributed by atoms with Crippen LogP contribution in [0.1, 0.15) is 18.0 Å². The van der Waals surface area contributed by atoms with E-state index in [0.29, 0.717) is 10.7 Å². The third-order valence-corrected chi connectivity index (χ3v) is 3.35. The summed E-state index contributed by atoms with van der Waals surface area (Å²) in [6, 6.07) is 1.97. The van der Waals surface area contributed by atoms with Crippen molar-refractivity contribution in [1.29, 1.82) is 0 Å². The van der Waals surface area contributed by atoms with E-state index in [2.05, 4.69) is 4.99 Å². The number of benzene rings is 2. The number of carbonyl (C=O) groups is 1. The molecule has 0 aromatic heterocycles. The molecule has 0 bridgehead atoms. The van der Waals surface area contributed by atoms with Gasteiger partial charge in [-0.3, -0.25) is 4.79 Å². The lowest BCUT2D eigenvalue weighted by Crippen LogP contribution is -2.34. The normalized spacial score (nSPS) is 21.4. The summed E-state index contributed by atoms with van der Waals surface area (Å²) in [6.45, 7) is 0. The number of aliphatic hydroxyl groups excluding tert-OH is 1. The molecule has 1 N–H and O–H groups in total. The highest BCUT2D eigenvalue weighted by Crippen LogP contribution is 2.29. The second-order valence-corrected chi connectivity index (χ2v) is 4.85. The summed E-state index contributed by atoms with van der Waals surface area (Å²) in [5, 5.41) is 10.4. The molecular formula is C16H13ClN2O2. The molecule has 3 rings (SSSR count). The van der Waals surface area contributed by atoms with Gasteiger partial charge >= 0.3 is 0 Å². The van der Waals surface area contributed by atoms with Crippen LogP contribution >= 0.6 is 11.6 Å². The van der Waals surface area contributed by atoms with Crippen LogP contribution < -0.4 is 4.90 Å². The van der Waals surface area contributed by atoms with E-state index in [1.807, 2.05) is 0 Å². The minimum absolute atomic E-state index is 0.0929. The van der Waals surface area contributed by atoms with Gasteiger partial charge in [0.2, 0.25) is 6.23 Å². The van der Waals surface area contributed by atoms with E-state index in [9.17, 15) is 9.90 Å². The lowest BCUT2D eigenvalue weighted by molar-refractivity contribution is -0.125. The second-order valence-electron chi connectivity index (χ2n) is 4.41. The van der Waals surface area contributed by atoms with Gasteiger partial charge in [0.1, 0.15) is 0 Å². The summed E-state index contributed by atoms with van der Waals surface area (Å²) < 4.78 is 39.7. The van der Waals surface area contributed by atoms with Crippen LogP contribution in [0.3, 0.4) is 0 Å². The van der Waals surface area contributed by atoms with Crippen molar-refractivity contribution in [3.05, 3.63) is 64.6 Å². The minimum atomic E-state index is -1.78. The molecule has 2 aromatic rings. The van der Waals surface area contributed by atoms with E-state index >= 15 is 0 Å². The predicted molar refractivity (Wildman–Crippen MR) is 82.9 cm³/mol. The van der Waals surface area contributed by atoms with E-state index in [4.69, 9.17) is 18.5 Å². The fourth-order valence-corrected chi connectivity index (χ4v) is 2.27. The first-order chi connectivity index (χ1) is 12.1. The molecule has 0 saturated carbocycles. The van der Waals surface area contributed by atoms with Crippen LogP contribution in [-0.4, -0.2) is 30.0 Å². The van der Waals surface area contributed by atoms with Crippen molar-refractivity contribution < 1.29 is 16.8 Å². The van der Waals surface area contributed by atoms with Crippen LogP contribution in [0.25, 0.3) is 0 Å². The number of aliphatic hydroxyl groups is 1. The lowest BCUT2D eigenvalue weighted by atomic mass is 10.0. The van der Waals surface area contributed by atoms with E-state index in [0.717, 1.165) is 0 Å². The van der Waals surface area contributed by atoms with Gasteiger partial charge in [0.05, 0.1) is 18.3 Å². The van der Waals surface area contributed by atoms with Crippen LogP contribution in [0.15, 0.2) is 53.4 Å². The number of benzodiazepines with no additional fused rings is 1. The van der Waals surface area contributed by atoms with Crippen molar-refractivity contribution in [2.24, 2.45) is 4.99 Å². The largest absolute Gasteiger partial charge is 0.364 e. The van der Waals surface area contributed by atoms with Gasteiger partial charge in [-0.1, -0.05) is 41.8 Å². The van der Waals surface area contributed by atoms with Crippen molar-refractivity contribution in [2.45, 2.75) is 6.23 Å². The molecule has 0 spiro atoms. The molecule has 106 valence electrons. The first kappa shape index (κ1) is 8.97. The maximum absolute atomic E-state index is 12.3. The first-order valence-corrected chi connectivity index (χ1v) is 6.43. The molecule has 4 nitrogen and oxygen atoms in total. The minimum Gasteiger partial charge on any atom is -0.364 e. The fraction of sp³-hybridized carbons (Fsp3) is 0.125. The molecule has 5 heteroatoms. The third kappa shape index (κ3) is 2.44. The van der Waals surface area contributed by atoms with Crippen LogP contribution in [0.5, 0.6) is 0 Å². The van der Waals surface area contributed by atoms with Gasteiger partial charge in [0.25, 0.3) is 5.91 Å². The highest BCUT2D eigenvalue weighted by Gasteiger charge is 2.28. The predicted octanol–water partition coefficient (Wildman–Crippen LogP) is 2.47. The Morgan fingerprint density at radius 3 is 2.76 bits per heavy atom. The van der Waals surface area contributed by atoms with Gasteiger partial charge in [0, 0.05) is 23.2 Å². The summed E-state index contributed by atoms with van der Waals surface area (Å²) >= 11 is 6.05. The van der Waals surface area contributed by atoms with Crippen molar-refractivity contribution >= 4 is 28.9 Å². The first-order valence-electron chi connectivity index (χ1n) is 8.55. The molecule has 0 radical (unpaired) electrons. The van der Waals surface area contributed by atoms with E-state index in [1.165, 1.54) is 18.0 Å². The van der Waals surface area contributed by atoms with Crippen molar-refractivity contribution in [2.75, 3.05) is 11.9 Å². The topological polar surface area (TPSA) is 52.9 Å². The molecule has 1 amide bonds. The number of amides is 1. The Balaban J connectivity index is 2.42. The maximum Gasteiger partial charge on any atom is 0.278 e. The van der Waals surface area contributed by atoms with E-state index in [1.54, 1.807) is 12.1 Å². The van der Waals surface area contributed by atoms with Crippen molar-refractivity contribution in [1.82, 2.24) is 0 Å². The third-order valence-electron chi connectivity index (χ3n) is 3.11. The Bertz CT molecular complexity index is 951. The Hall–Kier alpha value is -2.17. The van der Waals surface area contributed by atoms with Crippen molar-refractivity contribution in [3.63, 3.8) is 0 Å². The molecule has 1 aliphatic heterocycles. The van der Waals surface area contributed by atoms with Crippen LogP contribution in [0.4, 0.5) is 5.69 Å². The number of anilines is 1. The number of rotatable bonds is 1. The van der Waals surface area contributed by atoms with Gasteiger partial charge in [0.15, 0.2) is 0 Å². The van der Waals surface area contributed by atoms with Crippen molar-refractivity contribution in [3.8, 4) is 0 Å². The number of likely N-dealkylation sites (N-methyl/N-ethyl adjacent to an activating group) is 1. The molecule has 0 aliphatic carbocycles. The van der Waals surface area contributed by atoms with Gasteiger partial charge in [-0.2, -0.15) is 0 Å². The zero-order chi connectivity index (χ0) is 19.3. The molecule has 0 fully saturated rings. The number of halogens is 1. The van der Waals surface area contributed by atoms with Gasteiger partial charge < -0.3 is 10.0 Å². The summed E-state index contributed by atoms with van der Waals surface area (Å²) in [5.41, 5.74) is 0.330. The molecule has 21 heavy (non-hydrogen) atoms. The fourth-order valence-electron chi connectivity index (χ4n) is 2.10. The quantitative estimate of drug-likeness (QED) is 0.880. The van der Waals surface area contributed by atoms with Gasteiger partial charge in [-0.25, -0.2) is 4.99 Å². The molecular weight excluding hydrogens is 288 g/mol. The number of fused-ring (bicyclic) bond motifs is 1. The average Bonchev–Trinajstić information content (AvgIpc) is 2.70. The number of hydrogen-bond donors (Lipinski definition) is 1. The second kappa shape index (κ2) is 5.31. The molecule has 2 aromatic carbocycles. The number of hydrogen-bond acceptors (Lipinski definition) is 3. The van der Waals surface area contributed by atoms with Gasteiger partial charge in [-0.05, 0) is 18.2 Å². The Kier molecular flexibility index (Phi) is 2.27. The van der Waals surface area contributed by atoms with Crippen LogP contribution in [0, 0.1) is 0 Å². The Morgan fingerprint density at radius 2 is 2.05 bits per heavy atom. The lowest BCUT2D eigenvalue weighted by Gasteiger charge is -2.18. The van der Waals surface area contributed by atoms with Gasteiger partial charge in [-0.15, -0.1) is 0 Å². The zero-order valence-corrected chi connectivity index (χ0v) is 11.7. The highest BCUT2D eigenvalue weighted by atomic mass is 35.5.